The van der Waals surface area contributed by atoms with E-state index in [1.165, 1.54) is 12.1 Å². The van der Waals surface area contributed by atoms with Crippen molar-refractivity contribution in [3.8, 4) is 11.8 Å². The number of imidazole rings is 1. The van der Waals surface area contributed by atoms with Crippen LogP contribution in [0.5, 0.6) is 0 Å². The SMILES string of the molecule is N#Cc1cccc2c1nc(N)n2-c1ccc(Cl)c(F)c1. The van der Waals surface area contributed by atoms with Gasteiger partial charge in [-0.1, -0.05) is 17.7 Å². The summed E-state index contributed by atoms with van der Waals surface area (Å²) in [4.78, 5) is 4.18. The molecule has 0 amide bonds. The van der Waals surface area contributed by atoms with Crippen LogP contribution in [-0.4, -0.2) is 9.55 Å². The first-order valence-corrected chi connectivity index (χ1v) is 6.12. The highest BCUT2D eigenvalue weighted by molar-refractivity contribution is 6.30. The van der Waals surface area contributed by atoms with Crippen molar-refractivity contribution >= 4 is 28.6 Å². The molecule has 0 spiro atoms. The van der Waals surface area contributed by atoms with Crippen LogP contribution >= 0.6 is 11.6 Å². The third-order valence-corrected chi connectivity index (χ3v) is 3.30. The summed E-state index contributed by atoms with van der Waals surface area (Å²) in [5.41, 5.74) is 7.94. The first-order valence-electron chi connectivity index (χ1n) is 5.74. The Kier molecular flexibility index (Phi) is 2.81. The number of fused-ring (bicyclic) bond motifs is 1. The molecule has 2 aromatic carbocycles. The van der Waals surface area contributed by atoms with Crippen molar-refractivity contribution in [1.29, 1.82) is 5.26 Å². The lowest BCUT2D eigenvalue weighted by Crippen LogP contribution is -2.01. The molecule has 0 aliphatic rings. The first kappa shape index (κ1) is 12.5. The maximum Gasteiger partial charge on any atom is 0.205 e. The van der Waals surface area contributed by atoms with Crippen molar-refractivity contribution in [3.63, 3.8) is 0 Å². The van der Waals surface area contributed by atoms with Crippen LogP contribution in [0.4, 0.5) is 10.3 Å². The van der Waals surface area contributed by atoms with Gasteiger partial charge in [-0.05, 0) is 30.3 Å². The first-order chi connectivity index (χ1) is 9.61. The molecule has 98 valence electrons. The van der Waals surface area contributed by atoms with E-state index in [2.05, 4.69) is 11.1 Å². The highest BCUT2D eigenvalue weighted by atomic mass is 35.5. The van der Waals surface area contributed by atoms with E-state index in [0.29, 0.717) is 22.3 Å². The van der Waals surface area contributed by atoms with Crippen molar-refractivity contribution < 1.29 is 4.39 Å². The number of hydrogen-bond acceptors (Lipinski definition) is 3. The summed E-state index contributed by atoms with van der Waals surface area (Å²) in [7, 11) is 0. The number of nitrogen functional groups attached to an aromatic ring is 1. The Balaban J connectivity index is 2.34. The number of nitrogens with zero attached hydrogens (tertiary/aromatic N) is 3. The molecule has 4 nitrogen and oxygen atoms in total. The zero-order valence-electron chi connectivity index (χ0n) is 10.1. The van der Waals surface area contributed by atoms with E-state index in [4.69, 9.17) is 22.6 Å². The van der Waals surface area contributed by atoms with Crippen LogP contribution in [-0.2, 0) is 0 Å². The molecule has 0 aliphatic heterocycles. The maximum atomic E-state index is 13.6. The number of para-hydroxylation sites is 1. The smallest absolute Gasteiger partial charge is 0.205 e. The summed E-state index contributed by atoms with van der Waals surface area (Å²) in [6, 6.07) is 11.6. The van der Waals surface area contributed by atoms with Gasteiger partial charge in [-0.2, -0.15) is 5.26 Å². The van der Waals surface area contributed by atoms with Crippen LogP contribution in [0.3, 0.4) is 0 Å². The van der Waals surface area contributed by atoms with Gasteiger partial charge in [0.25, 0.3) is 0 Å². The summed E-state index contributed by atoms with van der Waals surface area (Å²) >= 11 is 5.67. The molecule has 0 bridgehead atoms. The quantitative estimate of drug-likeness (QED) is 0.746. The number of halogens is 2. The average Bonchev–Trinajstić information content (AvgIpc) is 2.78. The van der Waals surface area contributed by atoms with Crippen LogP contribution in [0.25, 0.3) is 16.7 Å². The van der Waals surface area contributed by atoms with Gasteiger partial charge >= 0.3 is 0 Å². The van der Waals surface area contributed by atoms with Gasteiger partial charge in [0.05, 0.1) is 21.8 Å². The minimum atomic E-state index is -0.540. The van der Waals surface area contributed by atoms with Crippen LogP contribution in [0, 0.1) is 17.1 Å². The molecule has 20 heavy (non-hydrogen) atoms. The lowest BCUT2D eigenvalue weighted by Gasteiger charge is -2.07. The second kappa shape index (κ2) is 4.51. The summed E-state index contributed by atoms with van der Waals surface area (Å²) in [5, 5.41) is 9.11. The zero-order chi connectivity index (χ0) is 14.3. The predicted molar refractivity (Wildman–Crippen MR) is 75.2 cm³/mol. The molecule has 0 atom stereocenters. The lowest BCUT2D eigenvalue weighted by molar-refractivity contribution is 0.627. The van der Waals surface area contributed by atoms with Gasteiger partial charge in [-0.3, -0.25) is 4.57 Å². The zero-order valence-corrected chi connectivity index (χ0v) is 10.9. The van der Waals surface area contributed by atoms with Gasteiger partial charge in [0.2, 0.25) is 5.95 Å². The Morgan fingerprint density at radius 3 is 2.80 bits per heavy atom. The Morgan fingerprint density at radius 1 is 1.30 bits per heavy atom. The molecule has 0 radical (unpaired) electrons. The predicted octanol–water partition coefficient (Wildman–Crippen LogP) is 3.27. The molecule has 3 rings (SSSR count). The second-order valence-electron chi connectivity index (χ2n) is 4.19. The Bertz CT molecular complexity index is 863. The minimum absolute atomic E-state index is 0.0365. The molecule has 0 saturated carbocycles. The Morgan fingerprint density at radius 2 is 2.10 bits per heavy atom. The van der Waals surface area contributed by atoms with Crippen molar-refractivity contribution in [2.75, 3.05) is 5.73 Å². The molecular weight excluding hydrogens is 279 g/mol. The Hall–Kier alpha value is -2.58. The van der Waals surface area contributed by atoms with E-state index in [1.54, 1.807) is 28.8 Å². The van der Waals surface area contributed by atoms with Gasteiger partial charge < -0.3 is 5.73 Å². The number of hydrogen-bond donors (Lipinski definition) is 1. The standard InChI is InChI=1S/C14H8ClFN4/c15-10-5-4-9(6-11(10)16)20-12-3-1-2-8(7-17)13(12)19-14(20)18/h1-6H,(H2,18,19). The molecule has 0 unspecified atom stereocenters. The number of anilines is 1. The molecule has 1 aromatic heterocycles. The van der Waals surface area contributed by atoms with E-state index < -0.39 is 5.82 Å². The number of aromatic nitrogens is 2. The molecule has 6 heteroatoms. The van der Waals surface area contributed by atoms with Gasteiger partial charge in [-0.15, -0.1) is 0 Å². The molecule has 3 aromatic rings. The molecule has 1 heterocycles. The van der Waals surface area contributed by atoms with Gasteiger partial charge in [-0.25, -0.2) is 9.37 Å². The van der Waals surface area contributed by atoms with Crippen LogP contribution in [0.1, 0.15) is 5.56 Å². The third kappa shape index (κ3) is 1.78. The fourth-order valence-corrected chi connectivity index (χ4v) is 2.22. The number of rotatable bonds is 1. The normalized spacial score (nSPS) is 10.7. The van der Waals surface area contributed by atoms with Crippen LogP contribution in [0.2, 0.25) is 5.02 Å². The molecule has 2 N–H and O–H groups in total. The van der Waals surface area contributed by atoms with Crippen molar-refractivity contribution in [2.45, 2.75) is 0 Å². The average molecular weight is 287 g/mol. The fraction of sp³-hybridized carbons (Fsp3) is 0. The van der Waals surface area contributed by atoms with Crippen LogP contribution < -0.4 is 5.73 Å². The van der Waals surface area contributed by atoms with E-state index in [9.17, 15) is 4.39 Å². The van der Waals surface area contributed by atoms with Crippen molar-refractivity contribution in [2.24, 2.45) is 0 Å². The highest BCUT2D eigenvalue weighted by Gasteiger charge is 2.13. The van der Waals surface area contributed by atoms with E-state index in [1.807, 2.05) is 0 Å². The largest absolute Gasteiger partial charge is 0.369 e. The van der Waals surface area contributed by atoms with Gasteiger partial charge in [0, 0.05) is 0 Å². The monoisotopic (exact) mass is 286 g/mol. The summed E-state index contributed by atoms with van der Waals surface area (Å²) in [5.74, 6) is -0.355. The lowest BCUT2D eigenvalue weighted by atomic mass is 10.2. The third-order valence-electron chi connectivity index (χ3n) is 2.99. The molecule has 0 aliphatic carbocycles. The van der Waals surface area contributed by atoms with Crippen molar-refractivity contribution in [3.05, 3.63) is 52.8 Å². The second-order valence-corrected chi connectivity index (χ2v) is 4.60. The summed E-state index contributed by atoms with van der Waals surface area (Å²) in [6.45, 7) is 0. The topological polar surface area (TPSA) is 67.6 Å². The van der Waals surface area contributed by atoms with E-state index >= 15 is 0 Å². The van der Waals surface area contributed by atoms with Crippen molar-refractivity contribution in [1.82, 2.24) is 9.55 Å². The van der Waals surface area contributed by atoms with Gasteiger partial charge in [0.1, 0.15) is 17.4 Å². The fourth-order valence-electron chi connectivity index (χ4n) is 2.10. The molecule has 0 saturated heterocycles. The van der Waals surface area contributed by atoms with E-state index in [-0.39, 0.29) is 11.0 Å². The summed E-state index contributed by atoms with van der Waals surface area (Å²) < 4.78 is 15.2. The molecular formula is C14H8ClFN4. The number of benzene rings is 2. The molecule has 0 fully saturated rings. The highest BCUT2D eigenvalue weighted by Crippen LogP contribution is 2.27. The maximum absolute atomic E-state index is 13.6. The van der Waals surface area contributed by atoms with Gasteiger partial charge in [0.15, 0.2) is 0 Å². The van der Waals surface area contributed by atoms with E-state index in [0.717, 1.165) is 0 Å². The number of nitrogens with two attached hydrogens (primary N) is 1. The summed E-state index contributed by atoms with van der Waals surface area (Å²) in [6.07, 6.45) is 0. The Labute approximate surface area is 118 Å². The number of nitriles is 1. The van der Waals surface area contributed by atoms with Crippen LogP contribution in [0.15, 0.2) is 36.4 Å². The minimum Gasteiger partial charge on any atom is -0.369 e.